The molecule has 3 aromatic rings. The van der Waals surface area contributed by atoms with Gasteiger partial charge >= 0.3 is 5.97 Å². The molecule has 0 spiro atoms. The first-order chi connectivity index (χ1) is 16.1. The predicted octanol–water partition coefficient (Wildman–Crippen LogP) is 3.79. The second kappa shape index (κ2) is 9.23. The number of aryl methyl sites for hydroxylation is 3. The molecule has 34 heavy (non-hydrogen) atoms. The Morgan fingerprint density at radius 1 is 1.09 bits per heavy atom. The van der Waals surface area contributed by atoms with E-state index < -0.39 is 28.0 Å². The summed E-state index contributed by atoms with van der Waals surface area (Å²) in [5, 5.41) is 3.70. The second-order valence-electron chi connectivity index (χ2n) is 8.85. The standard InChI is InChI=1S/C25H29N3O5S/c1-15-9-11-18(34(31,32)28(3)4)14-23(15)27-24(29)16(2)33-25(30)17-10-12-22-20(13-17)19-7-5-6-8-21(19)26-22/h9-14,16,26H,5-8H2,1-4H3,(H,27,29). The average molecular weight is 484 g/mol. The summed E-state index contributed by atoms with van der Waals surface area (Å²) in [5.74, 6) is -1.13. The van der Waals surface area contributed by atoms with Gasteiger partial charge in [-0.05, 0) is 81.0 Å². The van der Waals surface area contributed by atoms with Gasteiger partial charge in [-0.15, -0.1) is 0 Å². The minimum Gasteiger partial charge on any atom is -0.449 e. The zero-order valence-electron chi connectivity index (χ0n) is 19.8. The summed E-state index contributed by atoms with van der Waals surface area (Å²) in [6.45, 7) is 3.24. The van der Waals surface area contributed by atoms with Crippen LogP contribution in [0.2, 0.25) is 0 Å². The van der Waals surface area contributed by atoms with Crippen LogP contribution in [0.25, 0.3) is 10.9 Å². The van der Waals surface area contributed by atoms with Crippen LogP contribution in [0, 0.1) is 6.92 Å². The number of hydrogen-bond donors (Lipinski definition) is 2. The van der Waals surface area contributed by atoms with Crippen molar-refractivity contribution in [3.63, 3.8) is 0 Å². The van der Waals surface area contributed by atoms with Gasteiger partial charge in [0.25, 0.3) is 5.91 Å². The normalized spacial score (nSPS) is 14.6. The van der Waals surface area contributed by atoms with Gasteiger partial charge in [0.15, 0.2) is 6.10 Å². The first-order valence-corrected chi connectivity index (χ1v) is 12.7. The number of sulfonamides is 1. The topological polar surface area (TPSA) is 109 Å². The van der Waals surface area contributed by atoms with E-state index in [4.69, 9.17) is 4.74 Å². The molecule has 0 saturated carbocycles. The third-order valence-corrected chi connectivity index (χ3v) is 8.04. The third-order valence-electron chi connectivity index (χ3n) is 6.23. The maximum Gasteiger partial charge on any atom is 0.338 e. The molecule has 0 saturated heterocycles. The lowest BCUT2D eigenvalue weighted by Crippen LogP contribution is -2.30. The fourth-order valence-corrected chi connectivity index (χ4v) is 5.08. The van der Waals surface area contributed by atoms with Crippen LogP contribution in [0.15, 0.2) is 41.3 Å². The van der Waals surface area contributed by atoms with Crippen molar-refractivity contribution in [2.75, 3.05) is 19.4 Å². The summed E-state index contributed by atoms with van der Waals surface area (Å²) in [7, 11) is -0.773. The van der Waals surface area contributed by atoms with E-state index in [-0.39, 0.29) is 4.90 Å². The molecular formula is C25H29N3O5S. The molecular weight excluding hydrogens is 454 g/mol. The molecule has 1 atom stereocenters. The highest BCUT2D eigenvalue weighted by Crippen LogP contribution is 2.30. The summed E-state index contributed by atoms with van der Waals surface area (Å²) in [5.41, 5.74) is 4.90. The van der Waals surface area contributed by atoms with E-state index >= 15 is 0 Å². The molecule has 4 rings (SSSR count). The maximum absolute atomic E-state index is 12.8. The molecule has 2 aromatic carbocycles. The summed E-state index contributed by atoms with van der Waals surface area (Å²) >= 11 is 0. The van der Waals surface area contributed by atoms with Crippen LogP contribution in [0.5, 0.6) is 0 Å². The largest absolute Gasteiger partial charge is 0.449 e. The SMILES string of the molecule is Cc1ccc(S(=O)(=O)N(C)C)cc1NC(=O)C(C)OC(=O)c1ccc2[nH]c3c(c2c1)CCCC3. The smallest absolute Gasteiger partial charge is 0.338 e. The molecule has 0 fully saturated rings. The number of aromatic amines is 1. The number of rotatable bonds is 6. The highest BCUT2D eigenvalue weighted by Gasteiger charge is 2.23. The van der Waals surface area contributed by atoms with Crippen LogP contribution in [0.3, 0.4) is 0 Å². The van der Waals surface area contributed by atoms with Crippen molar-refractivity contribution in [1.29, 1.82) is 0 Å². The number of amides is 1. The Morgan fingerprint density at radius 3 is 2.56 bits per heavy atom. The monoisotopic (exact) mass is 483 g/mol. The lowest BCUT2D eigenvalue weighted by atomic mass is 9.95. The highest BCUT2D eigenvalue weighted by atomic mass is 32.2. The molecule has 1 aliphatic rings. The number of hydrogen-bond acceptors (Lipinski definition) is 5. The molecule has 1 amide bonds. The number of carbonyl (C=O) groups is 2. The fraction of sp³-hybridized carbons (Fsp3) is 0.360. The lowest BCUT2D eigenvalue weighted by molar-refractivity contribution is -0.123. The van der Waals surface area contributed by atoms with E-state index in [1.165, 1.54) is 44.4 Å². The maximum atomic E-state index is 12.8. The quantitative estimate of drug-likeness (QED) is 0.519. The molecule has 1 heterocycles. The van der Waals surface area contributed by atoms with Crippen LogP contribution in [0.4, 0.5) is 5.69 Å². The molecule has 1 aliphatic carbocycles. The van der Waals surface area contributed by atoms with Gasteiger partial charge in [0.05, 0.1) is 10.5 Å². The van der Waals surface area contributed by atoms with Gasteiger partial charge in [-0.3, -0.25) is 4.79 Å². The Labute approximate surface area is 199 Å². The number of aromatic nitrogens is 1. The minimum atomic E-state index is -3.65. The minimum absolute atomic E-state index is 0.0613. The summed E-state index contributed by atoms with van der Waals surface area (Å²) in [4.78, 5) is 29.0. The van der Waals surface area contributed by atoms with E-state index in [1.54, 1.807) is 19.1 Å². The highest BCUT2D eigenvalue weighted by molar-refractivity contribution is 7.89. The number of esters is 1. The fourth-order valence-electron chi connectivity index (χ4n) is 4.16. The van der Waals surface area contributed by atoms with Crippen molar-refractivity contribution in [3.05, 3.63) is 58.8 Å². The number of H-pyrrole nitrogens is 1. The second-order valence-corrected chi connectivity index (χ2v) is 11.0. The Kier molecular flexibility index (Phi) is 6.51. The number of carbonyl (C=O) groups excluding carboxylic acids is 2. The van der Waals surface area contributed by atoms with Crippen molar-refractivity contribution < 1.29 is 22.7 Å². The molecule has 0 radical (unpaired) electrons. The molecule has 1 aromatic heterocycles. The summed E-state index contributed by atoms with van der Waals surface area (Å²) < 4.78 is 31.4. The first kappa shape index (κ1) is 24.0. The van der Waals surface area contributed by atoms with Gasteiger partial charge in [-0.2, -0.15) is 0 Å². The van der Waals surface area contributed by atoms with Crippen molar-refractivity contribution in [3.8, 4) is 0 Å². The Morgan fingerprint density at radius 2 is 1.82 bits per heavy atom. The summed E-state index contributed by atoms with van der Waals surface area (Å²) in [6, 6.07) is 9.89. The van der Waals surface area contributed by atoms with E-state index in [0.717, 1.165) is 40.9 Å². The molecule has 1 unspecified atom stereocenters. The number of fused-ring (bicyclic) bond motifs is 3. The zero-order chi connectivity index (χ0) is 24.6. The Bertz CT molecular complexity index is 1370. The first-order valence-electron chi connectivity index (χ1n) is 11.3. The molecule has 0 aliphatic heterocycles. The predicted molar refractivity (Wildman–Crippen MR) is 130 cm³/mol. The molecule has 180 valence electrons. The van der Waals surface area contributed by atoms with Crippen LogP contribution in [0.1, 0.15) is 46.9 Å². The van der Waals surface area contributed by atoms with Crippen molar-refractivity contribution in [1.82, 2.24) is 9.29 Å². The van der Waals surface area contributed by atoms with Gasteiger partial charge in [-0.1, -0.05) is 6.07 Å². The molecule has 2 N–H and O–H groups in total. The Balaban J connectivity index is 1.48. The zero-order valence-corrected chi connectivity index (χ0v) is 20.6. The number of nitrogens with zero attached hydrogens (tertiary/aromatic N) is 1. The number of benzene rings is 2. The van der Waals surface area contributed by atoms with Gasteiger partial charge < -0.3 is 15.0 Å². The van der Waals surface area contributed by atoms with Crippen LogP contribution >= 0.6 is 0 Å². The lowest BCUT2D eigenvalue weighted by Gasteiger charge is -2.17. The third kappa shape index (κ3) is 4.58. The average Bonchev–Trinajstić information content (AvgIpc) is 3.18. The van der Waals surface area contributed by atoms with Gasteiger partial charge in [0.1, 0.15) is 0 Å². The molecule has 8 nitrogen and oxygen atoms in total. The van der Waals surface area contributed by atoms with Crippen LogP contribution in [-0.4, -0.2) is 49.8 Å². The van der Waals surface area contributed by atoms with Gasteiger partial charge in [0, 0.05) is 36.4 Å². The number of nitrogens with one attached hydrogen (secondary N) is 2. The summed E-state index contributed by atoms with van der Waals surface area (Å²) in [6.07, 6.45) is 3.20. The van der Waals surface area contributed by atoms with Crippen molar-refractivity contribution in [2.24, 2.45) is 0 Å². The van der Waals surface area contributed by atoms with E-state index in [1.807, 2.05) is 12.1 Å². The molecule has 9 heteroatoms. The number of ether oxygens (including phenoxy) is 1. The van der Waals surface area contributed by atoms with Crippen LogP contribution < -0.4 is 5.32 Å². The van der Waals surface area contributed by atoms with Crippen molar-refractivity contribution >= 4 is 38.5 Å². The molecule has 0 bridgehead atoms. The number of anilines is 1. The van der Waals surface area contributed by atoms with Gasteiger partial charge in [0.2, 0.25) is 10.0 Å². The van der Waals surface area contributed by atoms with Gasteiger partial charge in [-0.25, -0.2) is 17.5 Å². The van der Waals surface area contributed by atoms with E-state index in [0.29, 0.717) is 16.8 Å². The van der Waals surface area contributed by atoms with Crippen molar-refractivity contribution in [2.45, 2.75) is 50.5 Å². The van der Waals surface area contributed by atoms with Crippen LogP contribution in [-0.2, 0) is 32.4 Å². The Hall–Kier alpha value is -3.17. The van der Waals surface area contributed by atoms with E-state index in [2.05, 4.69) is 10.3 Å². The van der Waals surface area contributed by atoms with E-state index in [9.17, 15) is 18.0 Å².